The third-order valence-corrected chi connectivity index (χ3v) is 7.07. The fourth-order valence-electron chi connectivity index (χ4n) is 4.27. The summed E-state index contributed by atoms with van der Waals surface area (Å²) in [7, 11) is 1.66. The maximum atomic E-state index is 13.3. The van der Waals surface area contributed by atoms with Crippen LogP contribution >= 0.6 is 11.3 Å². The summed E-state index contributed by atoms with van der Waals surface area (Å²) in [5.41, 5.74) is 2.93. The molecule has 0 radical (unpaired) electrons. The highest BCUT2D eigenvalue weighted by atomic mass is 32.1. The first-order valence-corrected chi connectivity index (χ1v) is 10.7. The Bertz CT molecular complexity index is 1200. The zero-order valence-corrected chi connectivity index (χ0v) is 17.6. The summed E-state index contributed by atoms with van der Waals surface area (Å²) in [6.45, 7) is 3.46. The predicted molar refractivity (Wildman–Crippen MR) is 114 cm³/mol. The van der Waals surface area contributed by atoms with Crippen molar-refractivity contribution < 1.29 is 14.4 Å². The lowest BCUT2D eigenvalue weighted by Gasteiger charge is -2.28. The number of thiophene rings is 1. The van der Waals surface area contributed by atoms with Crippen LogP contribution in [-0.2, 0) is 17.8 Å². The van der Waals surface area contributed by atoms with Crippen molar-refractivity contribution >= 4 is 45.0 Å². The van der Waals surface area contributed by atoms with Gasteiger partial charge in [0, 0.05) is 30.4 Å². The van der Waals surface area contributed by atoms with Crippen LogP contribution in [0, 0.1) is 0 Å². The molecule has 3 amide bonds. The molecule has 2 aliphatic rings. The van der Waals surface area contributed by atoms with E-state index >= 15 is 0 Å². The summed E-state index contributed by atoms with van der Waals surface area (Å²) in [4.78, 5) is 44.8. The van der Waals surface area contributed by atoms with Crippen LogP contribution in [0.5, 0.6) is 0 Å². The van der Waals surface area contributed by atoms with Crippen LogP contribution in [0.4, 0.5) is 5.00 Å². The van der Waals surface area contributed by atoms with E-state index in [-0.39, 0.29) is 24.3 Å². The Morgan fingerprint density at radius 1 is 1.27 bits per heavy atom. The average molecular weight is 423 g/mol. The Hall–Kier alpha value is -3.20. The van der Waals surface area contributed by atoms with Crippen molar-refractivity contribution in [3.8, 4) is 0 Å². The third kappa shape index (κ3) is 2.72. The van der Waals surface area contributed by atoms with Crippen LogP contribution in [0.2, 0.25) is 0 Å². The van der Waals surface area contributed by atoms with E-state index in [0.29, 0.717) is 42.2 Å². The zero-order valence-electron chi connectivity index (χ0n) is 16.8. The van der Waals surface area contributed by atoms with Gasteiger partial charge in [-0.25, -0.2) is 0 Å². The molecule has 4 heterocycles. The van der Waals surface area contributed by atoms with Gasteiger partial charge in [-0.3, -0.25) is 19.5 Å². The van der Waals surface area contributed by atoms with Crippen molar-refractivity contribution in [3.05, 3.63) is 46.0 Å². The Morgan fingerprint density at radius 3 is 2.90 bits per heavy atom. The number of H-pyrrole nitrogens is 1. The van der Waals surface area contributed by atoms with E-state index in [4.69, 9.17) is 0 Å². The number of hydrogen-bond acceptors (Lipinski definition) is 5. The van der Waals surface area contributed by atoms with E-state index in [2.05, 4.69) is 10.2 Å². The summed E-state index contributed by atoms with van der Waals surface area (Å²) >= 11 is 1.46. The second kappa shape index (κ2) is 6.94. The van der Waals surface area contributed by atoms with Gasteiger partial charge in [-0.1, -0.05) is 12.1 Å². The van der Waals surface area contributed by atoms with E-state index in [1.54, 1.807) is 29.1 Å². The molecule has 9 heteroatoms. The van der Waals surface area contributed by atoms with Gasteiger partial charge in [0.2, 0.25) is 5.91 Å². The first kappa shape index (κ1) is 18.8. The molecule has 1 aromatic carbocycles. The molecule has 5 rings (SSSR count). The normalized spacial score (nSPS) is 16.7. The van der Waals surface area contributed by atoms with Crippen LogP contribution in [0.3, 0.4) is 0 Å². The summed E-state index contributed by atoms with van der Waals surface area (Å²) in [5, 5.41) is 8.57. The minimum Gasteiger partial charge on any atom is -0.333 e. The third-order valence-electron chi connectivity index (χ3n) is 5.83. The number of likely N-dealkylation sites (N-methyl/N-ethyl adjacent to an activating group) is 2. The van der Waals surface area contributed by atoms with Crippen molar-refractivity contribution in [1.29, 1.82) is 0 Å². The summed E-state index contributed by atoms with van der Waals surface area (Å²) in [5.74, 6) is -0.260. The number of nitrogens with zero attached hydrogens (tertiary/aromatic N) is 4. The van der Waals surface area contributed by atoms with Crippen molar-refractivity contribution in [2.24, 2.45) is 0 Å². The number of rotatable bonds is 2. The van der Waals surface area contributed by atoms with Gasteiger partial charge in [0.25, 0.3) is 11.8 Å². The average Bonchev–Trinajstić information content (AvgIpc) is 3.35. The van der Waals surface area contributed by atoms with Crippen LogP contribution < -0.4 is 4.90 Å². The first-order valence-electron chi connectivity index (χ1n) is 9.91. The number of aromatic nitrogens is 2. The van der Waals surface area contributed by atoms with Gasteiger partial charge >= 0.3 is 0 Å². The molecule has 154 valence electrons. The zero-order chi connectivity index (χ0) is 21.0. The van der Waals surface area contributed by atoms with Gasteiger partial charge in [0.1, 0.15) is 11.5 Å². The van der Waals surface area contributed by atoms with E-state index in [0.717, 1.165) is 21.3 Å². The SMILES string of the molecule is CCN1C(=O)CN(C)C(=O)c2c1sc1c2CCN(C(=O)c2cccc3cn[nH]c23)C1. The van der Waals surface area contributed by atoms with Crippen LogP contribution in [0.1, 0.15) is 38.1 Å². The van der Waals surface area contributed by atoms with E-state index in [1.165, 1.54) is 16.2 Å². The smallest absolute Gasteiger partial charge is 0.257 e. The number of fused-ring (bicyclic) bond motifs is 4. The monoisotopic (exact) mass is 423 g/mol. The Kier molecular flexibility index (Phi) is 4.35. The lowest BCUT2D eigenvalue weighted by atomic mass is 10.0. The number of para-hydroxylation sites is 1. The minimum atomic E-state index is -0.117. The lowest BCUT2D eigenvalue weighted by molar-refractivity contribution is -0.118. The molecule has 0 saturated carbocycles. The number of nitrogens with one attached hydrogen (secondary N) is 1. The second-order valence-electron chi connectivity index (χ2n) is 7.60. The number of carbonyl (C=O) groups excluding carboxylic acids is 3. The molecule has 2 aliphatic heterocycles. The topological polar surface area (TPSA) is 89.6 Å². The van der Waals surface area contributed by atoms with Crippen LogP contribution in [0.25, 0.3) is 10.9 Å². The number of hydrogen-bond donors (Lipinski definition) is 1. The molecular formula is C21H21N5O3S. The highest BCUT2D eigenvalue weighted by molar-refractivity contribution is 7.17. The summed E-state index contributed by atoms with van der Waals surface area (Å²) in [6.07, 6.45) is 2.30. The van der Waals surface area contributed by atoms with Crippen LogP contribution in [0.15, 0.2) is 24.4 Å². The largest absolute Gasteiger partial charge is 0.333 e. The van der Waals surface area contributed by atoms with Crippen molar-refractivity contribution in [2.75, 3.05) is 31.6 Å². The number of anilines is 1. The molecule has 0 saturated heterocycles. The molecule has 0 spiro atoms. The Morgan fingerprint density at radius 2 is 2.10 bits per heavy atom. The molecular weight excluding hydrogens is 402 g/mol. The van der Waals surface area contributed by atoms with Gasteiger partial charge in [0.15, 0.2) is 0 Å². The fraction of sp³-hybridized carbons (Fsp3) is 0.333. The van der Waals surface area contributed by atoms with Gasteiger partial charge in [0.05, 0.1) is 29.4 Å². The standard InChI is InChI=1S/C21H21N5O3S/c1-3-26-16(27)11-24(2)20(29)17-13-7-8-25(10-15(13)30-21(17)26)19(28)14-6-4-5-12-9-22-23-18(12)14/h4-6,9H,3,7-8,10-11H2,1-2H3,(H,22,23). The Labute approximate surface area is 177 Å². The quantitative estimate of drug-likeness (QED) is 0.685. The van der Waals surface area contributed by atoms with E-state index in [9.17, 15) is 14.4 Å². The van der Waals surface area contributed by atoms with Crippen molar-refractivity contribution in [3.63, 3.8) is 0 Å². The molecule has 0 unspecified atom stereocenters. The molecule has 1 N–H and O–H groups in total. The number of benzene rings is 1. The molecule has 30 heavy (non-hydrogen) atoms. The number of carbonyl (C=O) groups is 3. The van der Waals surface area contributed by atoms with Gasteiger partial charge < -0.3 is 14.7 Å². The van der Waals surface area contributed by atoms with Crippen molar-refractivity contribution in [2.45, 2.75) is 19.9 Å². The lowest BCUT2D eigenvalue weighted by Crippen LogP contribution is -2.38. The predicted octanol–water partition coefficient (Wildman–Crippen LogP) is 2.26. The van der Waals surface area contributed by atoms with Gasteiger partial charge in [-0.2, -0.15) is 5.10 Å². The number of aromatic amines is 1. The van der Waals surface area contributed by atoms with Crippen molar-refractivity contribution in [1.82, 2.24) is 20.0 Å². The van der Waals surface area contributed by atoms with E-state index < -0.39 is 0 Å². The maximum absolute atomic E-state index is 13.3. The van der Waals surface area contributed by atoms with Crippen LogP contribution in [-0.4, -0.2) is 64.4 Å². The summed E-state index contributed by atoms with van der Waals surface area (Å²) in [6, 6.07) is 5.57. The van der Waals surface area contributed by atoms with E-state index in [1.807, 2.05) is 19.1 Å². The summed E-state index contributed by atoms with van der Waals surface area (Å²) < 4.78 is 0. The minimum absolute atomic E-state index is 0.0639. The Balaban J connectivity index is 1.52. The second-order valence-corrected chi connectivity index (χ2v) is 8.68. The molecule has 0 atom stereocenters. The highest BCUT2D eigenvalue weighted by Crippen LogP contribution is 2.41. The molecule has 0 fully saturated rings. The first-order chi connectivity index (χ1) is 14.5. The molecule has 0 aliphatic carbocycles. The fourth-order valence-corrected chi connectivity index (χ4v) is 5.71. The van der Waals surface area contributed by atoms with Gasteiger partial charge in [-0.05, 0) is 25.0 Å². The molecule has 3 aromatic rings. The molecule has 0 bridgehead atoms. The molecule has 8 nitrogen and oxygen atoms in total. The molecule has 2 aromatic heterocycles. The maximum Gasteiger partial charge on any atom is 0.257 e. The number of amides is 3. The van der Waals surface area contributed by atoms with Gasteiger partial charge in [-0.15, -0.1) is 11.3 Å². The highest BCUT2D eigenvalue weighted by Gasteiger charge is 2.37.